The fourth-order valence-corrected chi connectivity index (χ4v) is 7.34. The number of rotatable bonds is 6. The Hall–Kier alpha value is -3.22. The molecule has 11 heteroatoms. The van der Waals surface area contributed by atoms with Crippen LogP contribution >= 0.6 is 34.8 Å². The number of piperidine rings is 1. The summed E-state index contributed by atoms with van der Waals surface area (Å²) in [5, 5.41) is 14.6. The molecule has 3 aromatic rings. The summed E-state index contributed by atoms with van der Waals surface area (Å²) in [5.41, 5.74) is -1.05. The molecule has 2 aliphatic rings. The van der Waals surface area contributed by atoms with Crippen LogP contribution in [0, 0.1) is 23.0 Å². The predicted molar refractivity (Wildman–Crippen MR) is 167 cm³/mol. The molecule has 3 aromatic carbocycles. The first-order valence-corrected chi connectivity index (χ1v) is 15.5. The zero-order chi connectivity index (χ0) is 31.8. The molecule has 0 aliphatic carbocycles. The molecule has 1 N–H and O–H groups in total. The Kier molecular flexibility index (Phi) is 9.52. The monoisotopic (exact) mass is 658 g/mol. The van der Waals surface area contributed by atoms with Crippen molar-refractivity contribution in [2.24, 2.45) is 0 Å². The van der Waals surface area contributed by atoms with Crippen molar-refractivity contribution in [1.82, 2.24) is 15.1 Å². The van der Waals surface area contributed by atoms with E-state index in [2.05, 4.69) is 11.4 Å². The number of nitrogens with zero attached hydrogens (tertiary/aromatic N) is 3. The van der Waals surface area contributed by atoms with Crippen LogP contribution in [0.2, 0.25) is 15.1 Å². The quantitative estimate of drug-likeness (QED) is 0.314. The Labute approximate surface area is 270 Å². The van der Waals surface area contributed by atoms with E-state index in [0.29, 0.717) is 36.5 Å². The number of benzene rings is 3. The third-order valence-electron chi connectivity index (χ3n) is 9.06. The van der Waals surface area contributed by atoms with E-state index in [-0.39, 0.29) is 39.7 Å². The van der Waals surface area contributed by atoms with Gasteiger partial charge in [0.25, 0.3) is 0 Å². The summed E-state index contributed by atoms with van der Waals surface area (Å²) >= 11 is 18.9. The Balaban J connectivity index is 1.69. The maximum atomic E-state index is 16.0. The smallest absolute Gasteiger partial charge is 0.238 e. The fourth-order valence-electron chi connectivity index (χ4n) is 6.81. The molecule has 2 amide bonds. The standard InChI is InChI=1S/C33H31Cl3F2N4O2/c1-19-33(18-39,25-11-10-22(34)16-28(25)37)29(24-7-5-9-27(36)30(24)38)31(42(19)17-21-6-3-4-8-26(21)35)32(44)40-23-12-14-41(15-13-23)20(2)43/h3-11,16,19,23,29,31H,12-15,17H2,1-2H3,(H,40,44)/t19?,29-,31+,33+/m0/s1. The highest BCUT2D eigenvalue weighted by Crippen LogP contribution is 2.55. The second-order valence-electron chi connectivity index (χ2n) is 11.4. The molecule has 1 unspecified atom stereocenters. The van der Waals surface area contributed by atoms with Crippen LogP contribution in [0.5, 0.6) is 0 Å². The highest BCUT2D eigenvalue weighted by molar-refractivity contribution is 6.31. The van der Waals surface area contributed by atoms with Gasteiger partial charge in [-0.1, -0.05) is 71.2 Å². The van der Waals surface area contributed by atoms with Crippen LogP contribution in [-0.2, 0) is 21.5 Å². The first kappa shape index (κ1) is 32.2. The Bertz CT molecular complexity index is 1620. The lowest BCUT2D eigenvalue weighted by atomic mass is 9.65. The summed E-state index contributed by atoms with van der Waals surface area (Å²) < 4.78 is 31.9. The van der Waals surface area contributed by atoms with Crippen molar-refractivity contribution in [3.05, 3.63) is 104 Å². The highest BCUT2D eigenvalue weighted by Gasteiger charge is 2.63. The number of hydrogen-bond acceptors (Lipinski definition) is 4. The molecular weight excluding hydrogens is 629 g/mol. The third-order valence-corrected chi connectivity index (χ3v) is 9.96. The Morgan fingerprint density at radius 2 is 1.70 bits per heavy atom. The van der Waals surface area contributed by atoms with Crippen molar-refractivity contribution in [3.63, 3.8) is 0 Å². The second kappa shape index (κ2) is 13.0. The van der Waals surface area contributed by atoms with E-state index < -0.39 is 41.0 Å². The predicted octanol–water partition coefficient (Wildman–Crippen LogP) is 6.87. The molecule has 2 saturated heterocycles. The number of likely N-dealkylation sites (tertiary alicyclic amines) is 2. The lowest BCUT2D eigenvalue weighted by Gasteiger charge is -2.35. The minimum atomic E-state index is -1.75. The van der Waals surface area contributed by atoms with E-state index in [1.165, 1.54) is 31.2 Å². The van der Waals surface area contributed by atoms with Gasteiger partial charge < -0.3 is 10.2 Å². The molecule has 0 radical (unpaired) electrons. The lowest BCUT2D eigenvalue weighted by molar-refractivity contribution is -0.130. The number of carbonyl (C=O) groups excluding carboxylic acids is 2. The average Bonchev–Trinajstić information content (AvgIpc) is 3.23. The van der Waals surface area contributed by atoms with Gasteiger partial charge in [-0.3, -0.25) is 14.5 Å². The minimum absolute atomic E-state index is 0.00417. The molecule has 6 nitrogen and oxygen atoms in total. The van der Waals surface area contributed by atoms with Crippen molar-refractivity contribution < 1.29 is 18.4 Å². The van der Waals surface area contributed by atoms with Crippen LogP contribution in [0.1, 0.15) is 49.3 Å². The first-order valence-electron chi connectivity index (χ1n) is 14.3. The van der Waals surface area contributed by atoms with Crippen LogP contribution in [0.4, 0.5) is 8.78 Å². The van der Waals surface area contributed by atoms with Gasteiger partial charge in [0.15, 0.2) is 0 Å². The van der Waals surface area contributed by atoms with Crippen LogP contribution in [-0.4, -0.2) is 52.8 Å². The van der Waals surface area contributed by atoms with Gasteiger partial charge in [0.2, 0.25) is 11.8 Å². The second-order valence-corrected chi connectivity index (χ2v) is 12.7. The topological polar surface area (TPSA) is 76.4 Å². The van der Waals surface area contributed by atoms with Crippen molar-refractivity contribution in [3.8, 4) is 6.07 Å². The van der Waals surface area contributed by atoms with Gasteiger partial charge in [-0.15, -0.1) is 0 Å². The van der Waals surface area contributed by atoms with Gasteiger partial charge in [-0.05, 0) is 55.2 Å². The van der Waals surface area contributed by atoms with E-state index in [4.69, 9.17) is 34.8 Å². The average molecular weight is 660 g/mol. The van der Waals surface area contributed by atoms with Gasteiger partial charge in [-0.2, -0.15) is 5.26 Å². The van der Waals surface area contributed by atoms with E-state index in [1.807, 2.05) is 12.1 Å². The number of nitrogens with one attached hydrogen (secondary N) is 1. The molecule has 0 spiro atoms. The van der Waals surface area contributed by atoms with Crippen molar-refractivity contribution >= 4 is 46.6 Å². The molecule has 2 aliphatic heterocycles. The molecule has 230 valence electrons. The Morgan fingerprint density at radius 1 is 1.02 bits per heavy atom. The zero-order valence-corrected chi connectivity index (χ0v) is 26.4. The molecule has 4 atom stereocenters. The maximum absolute atomic E-state index is 16.0. The molecule has 0 aromatic heterocycles. The van der Waals surface area contributed by atoms with E-state index in [9.17, 15) is 14.9 Å². The van der Waals surface area contributed by atoms with Crippen molar-refractivity contribution in [2.75, 3.05) is 13.1 Å². The highest BCUT2D eigenvalue weighted by atomic mass is 35.5. The van der Waals surface area contributed by atoms with Crippen LogP contribution in [0.15, 0.2) is 60.7 Å². The van der Waals surface area contributed by atoms with Crippen molar-refractivity contribution in [2.45, 2.75) is 62.7 Å². The van der Waals surface area contributed by atoms with E-state index in [1.54, 1.807) is 34.9 Å². The van der Waals surface area contributed by atoms with Gasteiger partial charge >= 0.3 is 0 Å². The van der Waals surface area contributed by atoms with Gasteiger partial charge in [0.1, 0.15) is 17.0 Å². The number of amides is 2. The normalized spacial score (nSPS) is 24.2. The number of nitriles is 1. The van der Waals surface area contributed by atoms with E-state index in [0.717, 1.165) is 6.07 Å². The Morgan fingerprint density at radius 3 is 2.34 bits per heavy atom. The zero-order valence-electron chi connectivity index (χ0n) is 24.2. The molecule has 44 heavy (non-hydrogen) atoms. The number of carbonyl (C=O) groups is 2. The van der Waals surface area contributed by atoms with E-state index >= 15 is 8.78 Å². The van der Waals surface area contributed by atoms with Crippen LogP contribution in [0.25, 0.3) is 0 Å². The number of halogens is 5. The summed E-state index contributed by atoms with van der Waals surface area (Å²) in [4.78, 5) is 29.9. The fraction of sp³-hybridized carbons (Fsp3) is 0.364. The molecular formula is C33H31Cl3F2N4O2. The summed E-state index contributed by atoms with van der Waals surface area (Å²) in [7, 11) is 0. The lowest BCUT2D eigenvalue weighted by Crippen LogP contribution is -2.52. The number of hydrogen-bond donors (Lipinski definition) is 1. The van der Waals surface area contributed by atoms with Gasteiger partial charge in [0, 0.05) is 60.2 Å². The largest absolute Gasteiger partial charge is 0.352 e. The van der Waals surface area contributed by atoms with Crippen LogP contribution < -0.4 is 5.32 Å². The summed E-state index contributed by atoms with van der Waals surface area (Å²) in [6.07, 6.45) is 1.06. The summed E-state index contributed by atoms with van der Waals surface area (Å²) in [6.45, 7) is 4.33. The van der Waals surface area contributed by atoms with Crippen LogP contribution in [0.3, 0.4) is 0 Å². The SMILES string of the molecule is CC(=O)N1CCC(NC(=O)[C@H]2[C@H](c3cccc(Cl)c3F)[C@@](C#N)(c3ccc(Cl)cc3F)C(C)N2Cc2ccccc2Cl)CC1. The van der Waals surface area contributed by atoms with Gasteiger partial charge in [-0.25, -0.2) is 8.78 Å². The van der Waals surface area contributed by atoms with Gasteiger partial charge in [0.05, 0.1) is 17.1 Å². The van der Waals surface area contributed by atoms with Crippen molar-refractivity contribution in [1.29, 1.82) is 5.26 Å². The third kappa shape index (κ3) is 5.79. The molecule has 2 heterocycles. The maximum Gasteiger partial charge on any atom is 0.238 e. The molecule has 2 fully saturated rings. The minimum Gasteiger partial charge on any atom is -0.352 e. The first-order chi connectivity index (χ1) is 21.0. The molecule has 0 saturated carbocycles. The molecule has 0 bridgehead atoms. The molecule has 5 rings (SSSR count). The summed E-state index contributed by atoms with van der Waals surface area (Å²) in [6, 6.07) is 15.7. The summed E-state index contributed by atoms with van der Waals surface area (Å²) in [5.74, 6) is -3.19.